The first-order valence-electron chi connectivity index (χ1n) is 9.09. The number of hydrogen-bond donors (Lipinski definition) is 1. The van der Waals surface area contributed by atoms with E-state index in [9.17, 15) is 4.79 Å². The molecular formula is C18H30N4O. The number of carbonyl (C=O) groups is 1. The molecule has 2 fully saturated rings. The average molecular weight is 318 g/mol. The van der Waals surface area contributed by atoms with E-state index >= 15 is 0 Å². The third-order valence-electron chi connectivity index (χ3n) is 5.66. The molecule has 2 atom stereocenters. The molecule has 3 rings (SSSR count). The molecule has 1 aliphatic carbocycles. The van der Waals surface area contributed by atoms with E-state index < -0.39 is 0 Å². The number of aryl methyl sites for hydroxylation is 1. The van der Waals surface area contributed by atoms with Gasteiger partial charge >= 0.3 is 0 Å². The Kier molecular flexibility index (Phi) is 5.36. The van der Waals surface area contributed by atoms with E-state index in [0.29, 0.717) is 5.91 Å². The minimum Gasteiger partial charge on any atom is -0.345 e. The number of nitrogens with one attached hydrogen (secondary N) is 1. The first-order chi connectivity index (χ1) is 11.1. The van der Waals surface area contributed by atoms with Crippen molar-refractivity contribution in [1.82, 2.24) is 20.0 Å². The summed E-state index contributed by atoms with van der Waals surface area (Å²) in [7, 11) is 3.91. The molecule has 2 heterocycles. The smallest absolute Gasteiger partial charge is 0.227 e. The van der Waals surface area contributed by atoms with Gasteiger partial charge in [-0.15, -0.1) is 0 Å². The molecule has 5 heteroatoms. The highest BCUT2D eigenvalue weighted by atomic mass is 16.2. The van der Waals surface area contributed by atoms with Crippen LogP contribution < -0.4 is 5.32 Å². The van der Waals surface area contributed by atoms with Crippen molar-refractivity contribution < 1.29 is 4.79 Å². The Labute approximate surface area is 139 Å². The van der Waals surface area contributed by atoms with Gasteiger partial charge in [0.05, 0.1) is 12.1 Å². The largest absolute Gasteiger partial charge is 0.345 e. The van der Waals surface area contributed by atoms with Crippen molar-refractivity contribution in [2.75, 3.05) is 26.7 Å². The first kappa shape index (κ1) is 16.5. The van der Waals surface area contributed by atoms with Gasteiger partial charge in [0, 0.05) is 45.8 Å². The van der Waals surface area contributed by atoms with Crippen LogP contribution in [-0.2, 0) is 11.8 Å². The van der Waals surface area contributed by atoms with E-state index in [0.717, 1.165) is 25.6 Å². The molecule has 128 valence electrons. The molecule has 0 radical (unpaired) electrons. The molecule has 1 amide bonds. The van der Waals surface area contributed by atoms with Gasteiger partial charge in [-0.2, -0.15) is 5.10 Å². The number of hydrogen-bond acceptors (Lipinski definition) is 3. The molecule has 0 spiro atoms. The third-order valence-corrected chi connectivity index (χ3v) is 5.66. The topological polar surface area (TPSA) is 50.2 Å². The van der Waals surface area contributed by atoms with Gasteiger partial charge in [-0.3, -0.25) is 9.48 Å². The Morgan fingerprint density at radius 3 is 2.83 bits per heavy atom. The standard InChI is InChI=1S/C18H30N4O/c1-21(9-8-14-6-4-3-5-7-14)18(23)17-12-19-11-16(17)15-10-20-22(2)13-15/h10,13-14,16-17,19H,3-9,11-12H2,1-2H3/t16-,17+/m1/s1. The summed E-state index contributed by atoms with van der Waals surface area (Å²) in [5.74, 6) is 1.43. The fourth-order valence-electron chi connectivity index (χ4n) is 4.17. The summed E-state index contributed by atoms with van der Waals surface area (Å²) in [6, 6.07) is 0. The van der Waals surface area contributed by atoms with Gasteiger partial charge < -0.3 is 10.2 Å². The Hall–Kier alpha value is -1.36. The summed E-state index contributed by atoms with van der Waals surface area (Å²) < 4.78 is 1.82. The van der Waals surface area contributed by atoms with Gasteiger partial charge in [0.25, 0.3) is 0 Å². The number of rotatable bonds is 5. The molecule has 2 aliphatic rings. The Bertz CT molecular complexity index is 521. The molecule has 5 nitrogen and oxygen atoms in total. The second-order valence-electron chi connectivity index (χ2n) is 7.37. The summed E-state index contributed by atoms with van der Waals surface area (Å²) in [6.45, 7) is 2.56. The summed E-state index contributed by atoms with van der Waals surface area (Å²) in [5, 5.41) is 7.65. The monoisotopic (exact) mass is 318 g/mol. The summed E-state index contributed by atoms with van der Waals surface area (Å²) >= 11 is 0. The lowest BCUT2D eigenvalue weighted by Gasteiger charge is -2.27. The highest BCUT2D eigenvalue weighted by Gasteiger charge is 2.36. The summed E-state index contributed by atoms with van der Waals surface area (Å²) in [6.07, 6.45) is 12.0. The maximum atomic E-state index is 12.9. The Morgan fingerprint density at radius 1 is 1.35 bits per heavy atom. The van der Waals surface area contributed by atoms with E-state index in [-0.39, 0.29) is 11.8 Å². The predicted octanol–water partition coefficient (Wildman–Crippen LogP) is 2.15. The van der Waals surface area contributed by atoms with Crippen LogP contribution in [0.25, 0.3) is 0 Å². The van der Waals surface area contributed by atoms with Gasteiger partial charge in [0.15, 0.2) is 0 Å². The number of nitrogens with zero attached hydrogens (tertiary/aromatic N) is 3. The minimum atomic E-state index is 0.0514. The fourth-order valence-corrected chi connectivity index (χ4v) is 4.17. The van der Waals surface area contributed by atoms with Crippen LogP contribution in [-0.4, -0.2) is 47.3 Å². The van der Waals surface area contributed by atoms with Crippen LogP contribution in [0.3, 0.4) is 0 Å². The van der Waals surface area contributed by atoms with E-state index in [1.165, 1.54) is 44.1 Å². The van der Waals surface area contributed by atoms with Crippen LogP contribution in [0.1, 0.15) is 50.0 Å². The Balaban J connectivity index is 1.55. The molecule has 0 unspecified atom stereocenters. The van der Waals surface area contributed by atoms with Crippen LogP contribution in [0.2, 0.25) is 0 Å². The molecule has 0 bridgehead atoms. The van der Waals surface area contributed by atoms with Crippen molar-refractivity contribution >= 4 is 5.91 Å². The highest BCUT2D eigenvalue weighted by molar-refractivity contribution is 5.80. The lowest BCUT2D eigenvalue weighted by atomic mass is 9.86. The van der Waals surface area contributed by atoms with Crippen LogP contribution >= 0.6 is 0 Å². The zero-order chi connectivity index (χ0) is 16.2. The van der Waals surface area contributed by atoms with Crippen molar-refractivity contribution in [2.45, 2.75) is 44.4 Å². The maximum absolute atomic E-state index is 12.9. The molecule has 1 saturated heterocycles. The fraction of sp³-hybridized carbons (Fsp3) is 0.778. The minimum absolute atomic E-state index is 0.0514. The molecule has 1 aliphatic heterocycles. The molecule has 1 aromatic heterocycles. The van der Waals surface area contributed by atoms with Crippen LogP contribution in [0, 0.1) is 11.8 Å². The number of amides is 1. The van der Waals surface area contributed by atoms with Crippen molar-refractivity contribution in [1.29, 1.82) is 0 Å². The van der Waals surface area contributed by atoms with Gasteiger partial charge in [-0.05, 0) is 17.9 Å². The third kappa shape index (κ3) is 3.94. The van der Waals surface area contributed by atoms with Gasteiger partial charge in [0.2, 0.25) is 5.91 Å². The maximum Gasteiger partial charge on any atom is 0.227 e. The molecule has 1 N–H and O–H groups in total. The van der Waals surface area contributed by atoms with Crippen LogP contribution in [0.4, 0.5) is 0 Å². The van der Waals surface area contributed by atoms with Crippen molar-refractivity contribution in [2.24, 2.45) is 18.9 Å². The highest BCUT2D eigenvalue weighted by Crippen LogP contribution is 2.30. The lowest BCUT2D eigenvalue weighted by Crippen LogP contribution is -2.37. The molecule has 23 heavy (non-hydrogen) atoms. The zero-order valence-electron chi connectivity index (χ0n) is 14.5. The van der Waals surface area contributed by atoms with E-state index in [1.807, 2.05) is 36.1 Å². The summed E-state index contributed by atoms with van der Waals surface area (Å²) in [5.41, 5.74) is 1.18. The van der Waals surface area contributed by atoms with Gasteiger partial charge in [-0.1, -0.05) is 32.1 Å². The van der Waals surface area contributed by atoms with Crippen molar-refractivity contribution in [3.63, 3.8) is 0 Å². The Morgan fingerprint density at radius 2 is 2.13 bits per heavy atom. The average Bonchev–Trinajstić information content (AvgIpc) is 3.21. The number of aromatic nitrogens is 2. The number of carbonyl (C=O) groups excluding carboxylic acids is 1. The SMILES string of the molecule is CN(CCC1CCCCC1)C(=O)[C@H]1CNC[C@@H]1c1cnn(C)c1. The molecule has 0 aromatic carbocycles. The van der Waals surface area contributed by atoms with Crippen molar-refractivity contribution in [3.8, 4) is 0 Å². The molecule has 1 aromatic rings. The normalized spacial score (nSPS) is 25.7. The summed E-state index contributed by atoms with van der Waals surface area (Å²) in [4.78, 5) is 14.8. The first-order valence-corrected chi connectivity index (χ1v) is 9.09. The zero-order valence-corrected chi connectivity index (χ0v) is 14.5. The lowest BCUT2D eigenvalue weighted by molar-refractivity contribution is -0.134. The van der Waals surface area contributed by atoms with E-state index in [2.05, 4.69) is 10.4 Å². The van der Waals surface area contributed by atoms with Crippen LogP contribution in [0.5, 0.6) is 0 Å². The molecular weight excluding hydrogens is 288 g/mol. The quantitative estimate of drug-likeness (QED) is 0.905. The second kappa shape index (κ2) is 7.47. The van der Waals surface area contributed by atoms with Gasteiger partial charge in [-0.25, -0.2) is 0 Å². The van der Waals surface area contributed by atoms with Crippen LogP contribution in [0.15, 0.2) is 12.4 Å². The van der Waals surface area contributed by atoms with Gasteiger partial charge in [0.1, 0.15) is 0 Å². The van der Waals surface area contributed by atoms with E-state index in [4.69, 9.17) is 0 Å². The molecule has 1 saturated carbocycles. The van der Waals surface area contributed by atoms with E-state index in [1.54, 1.807) is 0 Å². The van der Waals surface area contributed by atoms with Crippen molar-refractivity contribution in [3.05, 3.63) is 18.0 Å². The second-order valence-corrected chi connectivity index (χ2v) is 7.37. The predicted molar refractivity (Wildman–Crippen MR) is 91.1 cm³/mol.